The Hall–Kier alpha value is -3.25. The van der Waals surface area contributed by atoms with Crippen LogP contribution in [0.5, 0.6) is 0 Å². The van der Waals surface area contributed by atoms with E-state index in [0.29, 0.717) is 0 Å². The number of amides is 1. The van der Waals surface area contributed by atoms with Crippen molar-refractivity contribution in [3.8, 4) is 0 Å². The number of aryl methyl sites for hydroxylation is 4. The van der Waals surface area contributed by atoms with Crippen LogP contribution in [0.1, 0.15) is 46.7 Å². The first-order valence-electron chi connectivity index (χ1n) is 12.9. The maximum atomic E-state index is 13.4. The van der Waals surface area contributed by atoms with Crippen LogP contribution >= 0.6 is 11.3 Å². The normalized spacial score (nSPS) is 14.9. The van der Waals surface area contributed by atoms with E-state index in [4.69, 9.17) is 9.97 Å². The van der Waals surface area contributed by atoms with Crippen LogP contribution < -0.4 is 4.90 Å². The molecule has 186 valence electrons. The van der Waals surface area contributed by atoms with Crippen molar-refractivity contribution in [2.24, 2.45) is 0 Å². The van der Waals surface area contributed by atoms with Gasteiger partial charge in [0.15, 0.2) is 0 Å². The minimum atomic E-state index is -0.0742. The van der Waals surface area contributed by atoms with Crippen molar-refractivity contribution in [3.63, 3.8) is 0 Å². The summed E-state index contributed by atoms with van der Waals surface area (Å²) in [6, 6.07) is 20.7. The van der Waals surface area contributed by atoms with Crippen molar-refractivity contribution in [1.82, 2.24) is 14.9 Å². The Bertz CT molecular complexity index is 1330. The van der Waals surface area contributed by atoms with Gasteiger partial charge in [0.1, 0.15) is 16.5 Å². The smallest absolute Gasteiger partial charge is 0.230 e. The minimum absolute atomic E-state index is 0.0742. The number of benzene rings is 2. The van der Waals surface area contributed by atoms with Gasteiger partial charge in [-0.05, 0) is 43.4 Å². The molecule has 5 nitrogen and oxygen atoms in total. The van der Waals surface area contributed by atoms with Gasteiger partial charge in [0, 0.05) is 37.5 Å². The maximum Gasteiger partial charge on any atom is 0.230 e. The molecule has 2 aromatic carbocycles. The van der Waals surface area contributed by atoms with Gasteiger partial charge in [-0.15, -0.1) is 11.3 Å². The molecule has 6 heteroatoms. The fourth-order valence-electron chi connectivity index (χ4n) is 5.11. The minimum Gasteiger partial charge on any atom is -0.352 e. The van der Waals surface area contributed by atoms with E-state index in [1.807, 2.05) is 29.2 Å². The first-order valence-corrected chi connectivity index (χ1v) is 13.8. The van der Waals surface area contributed by atoms with E-state index in [2.05, 4.69) is 62.1 Å². The summed E-state index contributed by atoms with van der Waals surface area (Å²) in [6.07, 6.45) is 2.56. The average Bonchev–Trinajstić information content (AvgIpc) is 3.21. The number of anilines is 1. The van der Waals surface area contributed by atoms with E-state index in [0.717, 1.165) is 67.5 Å². The summed E-state index contributed by atoms with van der Waals surface area (Å²) in [6.45, 7) is 9.45. The van der Waals surface area contributed by atoms with E-state index in [9.17, 15) is 4.79 Å². The molecule has 0 radical (unpaired) electrons. The molecule has 1 amide bonds. The number of carbonyl (C=O) groups is 1. The number of rotatable bonds is 7. The Labute approximate surface area is 217 Å². The van der Waals surface area contributed by atoms with E-state index in [1.165, 1.54) is 21.4 Å². The molecule has 1 atom stereocenters. The molecular formula is C30H34N4OS. The lowest BCUT2D eigenvalue weighted by atomic mass is 9.95. The number of nitrogens with zero attached hydrogens (tertiary/aromatic N) is 4. The van der Waals surface area contributed by atoms with Crippen molar-refractivity contribution in [3.05, 3.63) is 88.1 Å². The number of carbonyl (C=O) groups excluding carboxylic acids is 1. The molecule has 1 fully saturated rings. The summed E-state index contributed by atoms with van der Waals surface area (Å²) in [5.41, 5.74) is 3.68. The number of fused-ring (bicyclic) bond motifs is 1. The zero-order valence-electron chi connectivity index (χ0n) is 21.4. The average molecular weight is 499 g/mol. The molecule has 36 heavy (non-hydrogen) atoms. The van der Waals surface area contributed by atoms with E-state index >= 15 is 0 Å². The van der Waals surface area contributed by atoms with Crippen LogP contribution in [0.2, 0.25) is 0 Å². The van der Waals surface area contributed by atoms with E-state index < -0.39 is 0 Å². The second-order valence-electron chi connectivity index (χ2n) is 9.60. The summed E-state index contributed by atoms with van der Waals surface area (Å²) in [4.78, 5) is 30.2. The molecule has 4 aromatic rings. The van der Waals surface area contributed by atoms with Crippen molar-refractivity contribution in [1.29, 1.82) is 0 Å². The standard InChI is InChI=1S/C30H34N4OS/c1-4-25(24-13-9-6-10-14-24)30(35)34-19-17-33(18-20-34)28-27-21(2)22(3)36-29(27)32-26(31-28)16-15-23-11-7-5-8-12-23/h5-14,25H,4,15-20H2,1-3H3. The predicted molar refractivity (Wildman–Crippen MR) is 149 cm³/mol. The SMILES string of the molecule is CCC(C(=O)N1CCN(c2nc(CCc3ccccc3)nc3sc(C)c(C)c23)CC1)c1ccccc1. The second-order valence-corrected chi connectivity index (χ2v) is 10.8. The third-order valence-corrected chi connectivity index (χ3v) is 8.44. The second kappa shape index (κ2) is 10.8. The van der Waals surface area contributed by atoms with Gasteiger partial charge in [0.05, 0.1) is 11.3 Å². The van der Waals surface area contributed by atoms with Crippen LogP contribution in [0.15, 0.2) is 60.7 Å². The topological polar surface area (TPSA) is 49.3 Å². The van der Waals surface area contributed by atoms with Crippen LogP contribution in [0.25, 0.3) is 10.2 Å². The zero-order chi connectivity index (χ0) is 25.1. The van der Waals surface area contributed by atoms with Gasteiger partial charge >= 0.3 is 0 Å². The fraction of sp³-hybridized carbons (Fsp3) is 0.367. The molecule has 0 aliphatic carbocycles. The molecule has 3 heterocycles. The molecule has 1 aliphatic rings. The third-order valence-electron chi connectivity index (χ3n) is 7.34. The maximum absolute atomic E-state index is 13.4. The number of piperazine rings is 1. The summed E-state index contributed by atoms with van der Waals surface area (Å²) in [7, 11) is 0. The van der Waals surface area contributed by atoms with Gasteiger partial charge in [-0.25, -0.2) is 9.97 Å². The van der Waals surface area contributed by atoms with Crippen molar-refractivity contribution in [2.45, 2.75) is 46.0 Å². The Balaban J connectivity index is 1.35. The lowest BCUT2D eigenvalue weighted by Gasteiger charge is -2.37. The van der Waals surface area contributed by atoms with Gasteiger partial charge in [-0.1, -0.05) is 67.6 Å². The molecule has 5 rings (SSSR count). The largest absolute Gasteiger partial charge is 0.352 e. The Morgan fingerprint density at radius 2 is 1.58 bits per heavy atom. The number of hydrogen-bond acceptors (Lipinski definition) is 5. The summed E-state index contributed by atoms with van der Waals surface area (Å²) < 4.78 is 0. The van der Waals surface area contributed by atoms with Crippen LogP contribution in [-0.2, 0) is 17.6 Å². The summed E-state index contributed by atoms with van der Waals surface area (Å²) in [5.74, 6) is 2.10. The molecule has 1 aliphatic heterocycles. The molecule has 2 aromatic heterocycles. The highest BCUT2D eigenvalue weighted by molar-refractivity contribution is 7.18. The molecule has 0 N–H and O–H groups in total. The number of thiophene rings is 1. The van der Waals surface area contributed by atoms with Gasteiger partial charge in [-0.3, -0.25) is 4.79 Å². The Morgan fingerprint density at radius 1 is 0.917 bits per heavy atom. The molecule has 1 saturated heterocycles. The monoisotopic (exact) mass is 498 g/mol. The molecule has 0 bridgehead atoms. The first-order chi connectivity index (χ1) is 17.5. The highest BCUT2D eigenvalue weighted by Crippen LogP contribution is 2.36. The fourth-order valence-corrected chi connectivity index (χ4v) is 6.15. The molecule has 1 unspecified atom stereocenters. The quantitative estimate of drug-likeness (QED) is 0.317. The van der Waals surface area contributed by atoms with Crippen molar-refractivity contribution >= 4 is 33.3 Å². The molecule has 0 saturated carbocycles. The Morgan fingerprint density at radius 3 is 2.25 bits per heavy atom. The lowest BCUT2D eigenvalue weighted by Crippen LogP contribution is -2.50. The van der Waals surface area contributed by atoms with Gasteiger partial charge in [-0.2, -0.15) is 0 Å². The van der Waals surface area contributed by atoms with Gasteiger partial charge in [0.25, 0.3) is 0 Å². The Kier molecular flexibility index (Phi) is 7.33. The van der Waals surface area contributed by atoms with Crippen LogP contribution in [0, 0.1) is 13.8 Å². The van der Waals surface area contributed by atoms with E-state index in [1.54, 1.807) is 11.3 Å². The highest BCUT2D eigenvalue weighted by atomic mass is 32.1. The number of hydrogen-bond donors (Lipinski definition) is 0. The van der Waals surface area contributed by atoms with Crippen LogP contribution in [0.4, 0.5) is 5.82 Å². The highest BCUT2D eigenvalue weighted by Gasteiger charge is 2.29. The van der Waals surface area contributed by atoms with Gasteiger partial charge in [0.2, 0.25) is 5.91 Å². The van der Waals surface area contributed by atoms with Crippen LogP contribution in [0.3, 0.4) is 0 Å². The predicted octanol–water partition coefficient (Wildman–Crippen LogP) is 5.94. The van der Waals surface area contributed by atoms with Gasteiger partial charge < -0.3 is 9.80 Å². The summed E-state index contributed by atoms with van der Waals surface area (Å²) in [5, 5.41) is 1.18. The zero-order valence-corrected chi connectivity index (χ0v) is 22.2. The van der Waals surface area contributed by atoms with E-state index in [-0.39, 0.29) is 11.8 Å². The van der Waals surface area contributed by atoms with Crippen LogP contribution in [-0.4, -0.2) is 47.0 Å². The number of aromatic nitrogens is 2. The molecular weight excluding hydrogens is 464 g/mol. The molecule has 0 spiro atoms. The van der Waals surface area contributed by atoms with Crippen molar-refractivity contribution in [2.75, 3.05) is 31.1 Å². The third kappa shape index (κ3) is 5.00. The van der Waals surface area contributed by atoms with Crippen molar-refractivity contribution < 1.29 is 4.79 Å². The first kappa shape index (κ1) is 24.4. The lowest BCUT2D eigenvalue weighted by molar-refractivity contribution is -0.133. The summed E-state index contributed by atoms with van der Waals surface area (Å²) >= 11 is 1.76.